The van der Waals surface area contributed by atoms with Crippen LogP contribution >= 0.6 is 0 Å². The lowest BCUT2D eigenvalue weighted by atomic mass is 10.0. The van der Waals surface area contributed by atoms with Gasteiger partial charge in [-0.1, -0.05) is 146 Å². The van der Waals surface area contributed by atoms with Crippen LogP contribution in [0.25, 0.3) is 137 Å². The summed E-state index contributed by atoms with van der Waals surface area (Å²) in [6.45, 7) is 0. The predicted octanol–water partition coefficient (Wildman–Crippen LogP) is 15.6. The van der Waals surface area contributed by atoms with Crippen molar-refractivity contribution < 1.29 is 4.42 Å². The molecule has 0 spiro atoms. The Hall–Kier alpha value is -8.67. The molecule has 3 aromatic heterocycles. The number of furan rings is 1. The van der Waals surface area contributed by atoms with Crippen LogP contribution in [0, 0.1) is 0 Å². The molecule has 0 N–H and O–H groups in total. The van der Waals surface area contributed by atoms with Gasteiger partial charge in [-0.3, -0.25) is 0 Å². The van der Waals surface area contributed by atoms with E-state index in [1.165, 1.54) is 10.8 Å². The van der Waals surface area contributed by atoms with Crippen molar-refractivity contribution in [3.05, 3.63) is 206 Å². The second-order valence-electron chi connectivity index (χ2n) is 16.8. The molecule has 11 aromatic carbocycles. The van der Waals surface area contributed by atoms with Crippen molar-refractivity contribution in [2.45, 2.75) is 0 Å². The van der Waals surface area contributed by atoms with E-state index in [4.69, 9.17) is 19.4 Å². The Labute approximate surface area is 366 Å². The monoisotopic (exact) mass is 814 g/mol. The first-order valence-corrected chi connectivity index (χ1v) is 21.7. The van der Waals surface area contributed by atoms with Gasteiger partial charge in [0.1, 0.15) is 11.3 Å². The predicted molar refractivity (Wildman–Crippen MR) is 265 cm³/mol. The lowest BCUT2D eigenvalue weighted by Gasteiger charge is -2.16. The largest absolute Gasteiger partial charge is 0.454 e. The zero-order valence-electron chi connectivity index (χ0n) is 34.3. The van der Waals surface area contributed by atoms with Crippen LogP contribution in [0.4, 0.5) is 0 Å². The highest BCUT2D eigenvalue weighted by Gasteiger charge is 2.25. The van der Waals surface area contributed by atoms with E-state index in [1.807, 2.05) is 0 Å². The Morgan fingerprint density at radius 3 is 1.22 bits per heavy atom. The fourth-order valence-electron chi connectivity index (χ4n) is 9.95. The number of nitrogens with zero attached hydrogens (tertiary/aromatic N) is 4. The van der Waals surface area contributed by atoms with Crippen molar-refractivity contribution in [3.8, 4) is 39.9 Å². The molecule has 0 bridgehead atoms. The first-order chi connectivity index (χ1) is 31.7. The Kier molecular flexibility index (Phi) is 7.33. The van der Waals surface area contributed by atoms with Crippen molar-refractivity contribution in [3.63, 3.8) is 0 Å². The molecule has 0 aliphatic heterocycles. The minimum atomic E-state index is 0.556. The first kappa shape index (κ1) is 35.0. The van der Waals surface area contributed by atoms with Gasteiger partial charge in [0.15, 0.2) is 23.1 Å². The average Bonchev–Trinajstić information content (AvgIpc) is 3.87. The highest BCUT2D eigenvalue weighted by Crippen LogP contribution is 2.45. The van der Waals surface area contributed by atoms with Crippen molar-refractivity contribution in [1.82, 2.24) is 19.5 Å². The molecule has 0 unspecified atom stereocenters. The van der Waals surface area contributed by atoms with Crippen LogP contribution in [0.15, 0.2) is 211 Å². The van der Waals surface area contributed by atoms with Gasteiger partial charge in [-0.25, -0.2) is 15.0 Å². The summed E-state index contributed by atoms with van der Waals surface area (Å²) in [5.41, 5.74) is 7.28. The standard InChI is InChI=1S/C59H34N4O/c1-3-13-37-27-45(23-21-35(37)11-1)57-60-58(46-24-22-36-12-2-4-14-38(36)28-46)62-59(61-57)48-26-25-47-51-31-41-17-7-10-20-44(41)34-54(51)64-56(47)55(48)63-52-32-42-18-8-5-15-39(42)29-49(52)50-30-40-16-6-9-19-43(40)33-53(50)63/h1-34H. The SMILES string of the molecule is c1ccc2cc(-c3nc(-c4ccc5ccccc5c4)nc(-c4ccc5c(oc6cc7ccccc7cc65)c4-n4c5cc6ccccc6cc5c5cc6ccccc6cc54)n3)ccc2c1. The fourth-order valence-corrected chi connectivity index (χ4v) is 9.95. The molecule has 0 radical (unpaired) electrons. The van der Waals surface area contributed by atoms with Gasteiger partial charge < -0.3 is 8.98 Å². The molecule has 0 saturated carbocycles. The normalized spacial score (nSPS) is 12.1. The smallest absolute Gasteiger partial charge is 0.166 e. The maximum absolute atomic E-state index is 7.18. The summed E-state index contributed by atoms with van der Waals surface area (Å²) < 4.78 is 9.59. The van der Waals surface area contributed by atoms with Crippen molar-refractivity contribution in [1.29, 1.82) is 0 Å². The number of aromatic nitrogens is 4. The van der Waals surface area contributed by atoms with E-state index >= 15 is 0 Å². The topological polar surface area (TPSA) is 56.7 Å². The zero-order valence-corrected chi connectivity index (χ0v) is 34.3. The second kappa shape index (κ2) is 13.4. The minimum Gasteiger partial charge on any atom is -0.454 e. The summed E-state index contributed by atoms with van der Waals surface area (Å²) in [5.74, 6) is 1.75. The molecule has 0 aliphatic carbocycles. The summed E-state index contributed by atoms with van der Waals surface area (Å²) >= 11 is 0. The summed E-state index contributed by atoms with van der Waals surface area (Å²) in [6, 6.07) is 73.5. The molecule has 5 nitrogen and oxygen atoms in total. The molecule has 3 heterocycles. The van der Waals surface area contributed by atoms with Gasteiger partial charge >= 0.3 is 0 Å². The van der Waals surface area contributed by atoms with Crippen LogP contribution in [-0.4, -0.2) is 19.5 Å². The first-order valence-electron chi connectivity index (χ1n) is 21.7. The number of hydrogen-bond acceptors (Lipinski definition) is 4. The van der Waals surface area contributed by atoms with Gasteiger partial charge in [-0.05, 0) is 115 Å². The summed E-state index contributed by atoms with van der Waals surface area (Å²) in [4.78, 5) is 16.1. The molecule has 0 amide bonds. The van der Waals surface area contributed by atoms with Crippen LogP contribution in [0.3, 0.4) is 0 Å². The molecule has 0 atom stereocenters. The summed E-state index contributed by atoms with van der Waals surface area (Å²) in [6.07, 6.45) is 0. The van der Waals surface area contributed by atoms with Crippen LogP contribution in [0.5, 0.6) is 0 Å². The third kappa shape index (κ3) is 5.34. The minimum absolute atomic E-state index is 0.556. The van der Waals surface area contributed by atoms with Crippen molar-refractivity contribution >= 4 is 97.6 Å². The molecule has 14 aromatic rings. The van der Waals surface area contributed by atoms with E-state index in [0.717, 1.165) is 109 Å². The van der Waals surface area contributed by atoms with Gasteiger partial charge in [-0.15, -0.1) is 0 Å². The zero-order chi connectivity index (χ0) is 41.9. The Morgan fingerprint density at radius 1 is 0.312 bits per heavy atom. The highest BCUT2D eigenvalue weighted by molar-refractivity contribution is 6.19. The number of rotatable bonds is 4. The fraction of sp³-hybridized carbons (Fsp3) is 0. The van der Waals surface area contributed by atoms with E-state index in [9.17, 15) is 0 Å². The third-order valence-corrected chi connectivity index (χ3v) is 13.1. The van der Waals surface area contributed by atoms with E-state index in [2.05, 4.69) is 211 Å². The third-order valence-electron chi connectivity index (χ3n) is 13.1. The van der Waals surface area contributed by atoms with Gasteiger partial charge in [0, 0.05) is 38.2 Å². The number of benzene rings is 11. The van der Waals surface area contributed by atoms with Crippen LogP contribution < -0.4 is 0 Å². The Bertz CT molecular complexity index is 4080. The maximum atomic E-state index is 7.18. The van der Waals surface area contributed by atoms with Crippen molar-refractivity contribution in [2.75, 3.05) is 0 Å². The van der Waals surface area contributed by atoms with E-state index in [-0.39, 0.29) is 0 Å². The maximum Gasteiger partial charge on any atom is 0.166 e. The molecule has 64 heavy (non-hydrogen) atoms. The lowest BCUT2D eigenvalue weighted by molar-refractivity contribution is 0.667. The average molecular weight is 815 g/mol. The van der Waals surface area contributed by atoms with Gasteiger partial charge in [-0.2, -0.15) is 0 Å². The van der Waals surface area contributed by atoms with E-state index < -0.39 is 0 Å². The van der Waals surface area contributed by atoms with Gasteiger partial charge in [0.25, 0.3) is 0 Å². The highest BCUT2D eigenvalue weighted by atomic mass is 16.3. The molecule has 14 rings (SSSR count). The molecule has 5 heteroatoms. The van der Waals surface area contributed by atoms with Crippen molar-refractivity contribution in [2.24, 2.45) is 0 Å². The number of hydrogen-bond donors (Lipinski definition) is 0. The van der Waals surface area contributed by atoms with Crippen LogP contribution in [-0.2, 0) is 0 Å². The molecule has 0 saturated heterocycles. The lowest BCUT2D eigenvalue weighted by Crippen LogP contribution is -2.04. The van der Waals surface area contributed by atoms with Crippen LogP contribution in [0.2, 0.25) is 0 Å². The molecular formula is C59H34N4O. The van der Waals surface area contributed by atoms with Gasteiger partial charge in [0.2, 0.25) is 0 Å². The summed E-state index contributed by atoms with van der Waals surface area (Å²) in [5, 5.41) is 15.9. The van der Waals surface area contributed by atoms with Crippen LogP contribution in [0.1, 0.15) is 0 Å². The Balaban J connectivity index is 1.14. The number of fused-ring (bicyclic) bond motifs is 11. The van der Waals surface area contributed by atoms with E-state index in [0.29, 0.717) is 17.5 Å². The quantitative estimate of drug-likeness (QED) is 0.178. The molecule has 0 aliphatic rings. The molecule has 0 fully saturated rings. The Morgan fingerprint density at radius 2 is 0.719 bits per heavy atom. The molecular weight excluding hydrogens is 781 g/mol. The summed E-state index contributed by atoms with van der Waals surface area (Å²) in [7, 11) is 0. The van der Waals surface area contributed by atoms with E-state index in [1.54, 1.807) is 0 Å². The second-order valence-corrected chi connectivity index (χ2v) is 16.8. The molecule has 296 valence electrons. The van der Waals surface area contributed by atoms with Gasteiger partial charge in [0.05, 0.1) is 11.0 Å².